The SMILES string of the molecule is Cc1cc(CNCc2ncon2)ccc1F. The normalized spacial score (nSPS) is 10.6. The van der Waals surface area contributed by atoms with E-state index in [1.54, 1.807) is 13.0 Å². The molecule has 0 fully saturated rings. The van der Waals surface area contributed by atoms with Gasteiger partial charge in [0.15, 0.2) is 5.82 Å². The monoisotopic (exact) mass is 221 g/mol. The highest BCUT2D eigenvalue weighted by Gasteiger charge is 2.00. The van der Waals surface area contributed by atoms with Crippen molar-refractivity contribution in [3.63, 3.8) is 0 Å². The highest BCUT2D eigenvalue weighted by atomic mass is 19.1. The van der Waals surface area contributed by atoms with Gasteiger partial charge in [-0.05, 0) is 24.1 Å². The lowest BCUT2D eigenvalue weighted by Gasteiger charge is -2.04. The van der Waals surface area contributed by atoms with Crippen LogP contribution in [-0.4, -0.2) is 10.1 Å². The highest BCUT2D eigenvalue weighted by Crippen LogP contribution is 2.08. The van der Waals surface area contributed by atoms with Crippen molar-refractivity contribution >= 4 is 0 Å². The van der Waals surface area contributed by atoms with E-state index in [0.717, 1.165) is 5.56 Å². The van der Waals surface area contributed by atoms with Gasteiger partial charge in [-0.1, -0.05) is 17.3 Å². The Kier molecular flexibility index (Phi) is 3.26. The average molecular weight is 221 g/mol. The minimum Gasteiger partial charge on any atom is -0.343 e. The van der Waals surface area contributed by atoms with E-state index in [0.29, 0.717) is 24.5 Å². The third-order valence-electron chi connectivity index (χ3n) is 2.24. The summed E-state index contributed by atoms with van der Waals surface area (Å²) in [5.74, 6) is 0.431. The first-order chi connectivity index (χ1) is 7.75. The molecule has 0 bridgehead atoms. The van der Waals surface area contributed by atoms with Crippen LogP contribution >= 0.6 is 0 Å². The molecule has 2 aromatic rings. The van der Waals surface area contributed by atoms with Crippen LogP contribution in [0.5, 0.6) is 0 Å². The smallest absolute Gasteiger partial charge is 0.213 e. The molecule has 0 saturated heterocycles. The molecular weight excluding hydrogens is 209 g/mol. The minimum atomic E-state index is -0.179. The molecule has 0 amide bonds. The third-order valence-corrected chi connectivity index (χ3v) is 2.24. The number of halogens is 1. The Labute approximate surface area is 92.5 Å². The maximum absolute atomic E-state index is 13.0. The molecule has 0 atom stereocenters. The van der Waals surface area contributed by atoms with Gasteiger partial charge >= 0.3 is 0 Å². The number of nitrogens with zero attached hydrogens (tertiary/aromatic N) is 2. The molecule has 16 heavy (non-hydrogen) atoms. The number of hydrogen-bond donors (Lipinski definition) is 1. The van der Waals surface area contributed by atoms with Crippen LogP contribution in [0.2, 0.25) is 0 Å². The van der Waals surface area contributed by atoms with Gasteiger partial charge in [-0.15, -0.1) is 0 Å². The van der Waals surface area contributed by atoms with Crippen LogP contribution < -0.4 is 5.32 Å². The topological polar surface area (TPSA) is 51.0 Å². The van der Waals surface area contributed by atoms with Gasteiger partial charge < -0.3 is 9.84 Å². The summed E-state index contributed by atoms with van der Waals surface area (Å²) in [6, 6.07) is 5.05. The zero-order chi connectivity index (χ0) is 11.4. The van der Waals surface area contributed by atoms with E-state index >= 15 is 0 Å². The van der Waals surface area contributed by atoms with Crippen molar-refractivity contribution in [1.29, 1.82) is 0 Å². The lowest BCUT2D eigenvalue weighted by Crippen LogP contribution is -2.13. The molecule has 0 aliphatic rings. The summed E-state index contributed by atoms with van der Waals surface area (Å²) >= 11 is 0. The number of benzene rings is 1. The fourth-order valence-electron chi connectivity index (χ4n) is 1.41. The zero-order valence-electron chi connectivity index (χ0n) is 8.90. The molecule has 0 saturated carbocycles. The van der Waals surface area contributed by atoms with Crippen LogP contribution in [0.25, 0.3) is 0 Å². The first kappa shape index (κ1) is 10.8. The average Bonchev–Trinajstić information content (AvgIpc) is 2.76. The summed E-state index contributed by atoms with van der Waals surface area (Å²) in [6.07, 6.45) is 1.29. The van der Waals surface area contributed by atoms with Crippen LogP contribution in [0.1, 0.15) is 17.0 Å². The van der Waals surface area contributed by atoms with Gasteiger partial charge in [-0.2, -0.15) is 4.98 Å². The molecule has 84 valence electrons. The Morgan fingerprint density at radius 2 is 2.25 bits per heavy atom. The maximum Gasteiger partial charge on any atom is 0.213 e. The van der Waals surface area contributed by atoms with Crippen molar-refractivity contribution in [2.24, 2.45) is 0 Å². The Morgan fingerprint density at radius 3 is 2.94 bits per heavy atom. The second kappa shape index (κ2) is 4.85. The van der Waals surface area contributed by atoms with E-state index in [1.165, 1.54) is 12.5 Å². The molecule has 5 heteroatoms. The number of rotatable bonds is 4. The van der Waals surface area contributed by atoms with Gasteiger partial charge in [-0.3, -0.25) is 0 Å². The van der Waals surface area contributed by atoms with Crippen molar-refractivity contribution in [2.45, 2.75) is 20.0 Å². The van der Waals surface area contributed by atoms with Crippen molar-refractivity contribution in [2.75, 3.05) is 0 Å². The number of hydrogen-bond acceptors (Lipinski definition) is 4. The molecular formula is C11H12FN3O. The highest BCUT2D eigenvalue weighted by molar-refractivity contribution is 5.23. The zero-order valence-corrected chi connectivity index (χ0v) is 8.90. The summed E-state index contributed by atoms with van der Waals surface area (Å²) in [7, 11) is 0. The van der Waals surface area contributed by atoms with Gasteiger partial charge in [0.25, 0.3) is 0 Å². The Hall–Kier alpha value is -1.75. The van der Waals surface area contributed by atoms with Crippen LogP contribution in [0.4, 0.5) is 4.39 Å². The third kappa shape index (κ3) is 2.64. The second-order valence-electron chi connectivity index (χ2n) is 3.53. The number of aryl methyl sites for hydroxylation is 1. The first-order valence-corrected chi connectivity index (χ1v) is 4.96. The Bertz CT molecular complexity index is 456. The maximum atomic E-state index is 13.0. The molecule has 4 nitrogen and oxygen atoms in total. The predicted octanol–water partition coefficient (Wildman–Crippen LogP) is 1.81. The molecule has 0 aliphatic carbocycles. The van der Waals surface area contributed by atoms with E-state index in [9.17, 15) is 4.39 Å². The van der Waals surface area contributed by atoms with Gasteiger partial charge in [0, 0.05) is 6.54 Å². The lowest BCUT2D eigenvalue weighted by molar-refractivity contribution is 0.407. The molecule has 1 N–H and O–H groups in total. The van der Waals surface area contributed by atoms with Gasteiger partial charge in [0.2, 0.25) is 6.39 Å². The van der Waals surface area contributed by atoms with Crippen molar-refractivity contribution in [1.82, 2.24) is 15.5 Å². The van der Waals surface area contributed by atoms with Crippen LogP contribution in [0.15, 0.2) is 29.1 Å². The first-order valence-electron chi connectivity index (χ1n) is 4.96. The molecule has 2 rings (SSSR count). The van der Waals surface area contributed by atoms with Gasteiger partial charge in [-0.25, -0.2) is 4.39 Å². The standard InChI is InChI=1S/C11H12FN3O/c1-8-4-9(2-3-10(8)12)5-13-6-11-14-7-16-15-11/h2-4,7,13H,5-6H2,1H3. The molecule has 0 unspecified atom stereocenters. The van der Waals surface area contributed by atoms with Crippen LogP contribution in [-0.2, 0) is 13.1 Å². The van der Waals surface area contributed by atoms with E-state index in [1.807, 2.05) is 6.07 Å². The van der Waals surface area contributed by atoms with E-state index in [-0.39, 0.29) is 5.82 Å². The van der Waals surface area contributed by atoms with Crippen molar-refractivity contribution in [3.8, 4) is 0 Å². The van der Waals surface area contributed by atoms with Crippen molar-refractivity contribution < 1.29 is 8.91 Å². The molecule has 0 aliphatic heterocycles. The molecule has 0 spiro atoms. The van der Waals surface area contributed by atoms with Gasteiger partial charge in [0.05, 0.1) is 6.54 Å². The number of aromatic nitrogens is 2. The summed E-state index contributed by atoms with van der Waals surface area (Å²) < 4.78 is 17.6. The fourth-order valence-corrected chi connectivity index (χ4v) is 1.41. The molecule has 0 radical (unpaired) electrons. The Morgan fingerprint density at radius 1 is 1.38 bits per heavy atom. The molecule has 1 aromatic carbocycles. The van der Waals surface area contributed by atoms with E-state index in [4.69, 9.17) is 0 Å². The summed E-state index contributed by atoms with van der Waals surface area (Å²) in [5.41, 5.74) is 1.68. The van der Waals surface area contributed by atoms with E-state index in [2.05, 4.69) is 20.0 Å². The number of nitrogens with one attached hydrogen (secondary N) is 1. The van der Waals surface area contributed by atoms with Gasteiger partial charge in [0.1, 0.15) is 5.82 Å². The van der Waals surface area contributed by atoms with E-state index < -0.39 is 0 Å². The lowest BCUT2D eigenvalue weighted by atomic mass is 10.1. The predicted molar refractivity (Wildman–Crippen MR) is 56.0 cm³/mol. The van der Waals surface area contributed by atoms with Crippen molar-refractivity contribution in [3.05, 3.63) is 47.4 Å². The minimum absolute atomic E-state index is 0.179. The van der Waals surface area contributed by atoms with Crippen LogP contribution in [0.3, 0.4) is 0 Å². The molecule has 1 heterocycles. The fraction of sp³-hybridized carbons (Fsp3) is 0.273. The largest absolute Gasteiger partial charge is 0.343 e. The van der Waals surface area contributed by atoms with Crippen LogP contribution in [0, 0.1) is 12.7 Å². The summed E-state index contributed by atoms with van der Waals surface area (Å²) in [4.78, 5) is 3.88. The molecule has 1 aromatic heterocycles. The summed E-state index contributed by atoms with van der Waals surface area (Å²) in [5, 5.41) is 6.81. The quantitative estimate of drug-likeness (QED) is 0.855. The Balaban J connectivity index is 1.87. The summed E-state index contributed by atoms with van der Waals surface area (Å²) in [6.45, 7) is 2.93. The second-order valence-corrected chi connectivity index (χ2v) is 3.53.